The molecule has 1 aliphatic heterocycles. The van der Waals surface area contributed by atoms with E-state index in [4.69, 9.17) is 0 Å². The van der Waals surface area contributed by atoms with Crippen molar-refractivity contribution >= 4 is 12.0 Å². The Morgan fingerprint density at radius 2 is 1.90 bits per heavy atom. The zero-order valence-electron chi connectivity index (χ0n) is 22.6. The monoisotopic (exact) mass is 531 g/mol. The first-order chi connectivity index (χ1) is 18.7. The number of ether oxygens (including phenoxy) is 1. The van der Waals surface area contributed by atoms with E-state index in [2.05, 4.69) is 17.0 Å². The molecule has 2 N–H and O–H groups in total. The highest BCUT2D eigenvalue weighted by atomic mass is 19.1. The molecule has 0 aromatic heterocycles. The summed E-state index contributed by atoms with van der Waals surface area (Å²) in [5.41, 5.74) is 2.47. The van der Waals surface area contributed by atoms with Gasteiger partial charge in [-0.25, -0.2) is 9.18 Å². The number of benzene rings is 3. The van der Waals surface area contributed by atoms with Crippen molar-refractivity contribution in [2.45, 2.75) is 38.2 Å². The zero-order chi connectivity index (χ0) is 28.0. The Labute approximate surface area is 229 Å². The Morgan fingerprint density at radius 1 is 1.15 bits per heavy atom. The van der Waals surface area contributed by atoms with Crippen LogP contribution in [0, 0.1) is 25.6 Å². The van der Waals surface area contributed by atoms with Gasteiger partial charge in [-0.3, -0.25) is 4.79 Å². The Balaban J connectivity index is 1.70. The van der Waals surface area contributed by atoms with Crippen LogP contribution in [0.1, 0.15) is 52.7 Å². The molecule has 2 amide bonds. The number of amides is 2. The maximum absolute atomic E-state index is 15.5. The van der Waals surface area contributed by atoms with Crippen molar-refractivity contribution in [2.75, 3.05) is 26.7 Å². The second-order valence-electron chi connectivity index (χ2n) is 10.3. The topological polar surface area (TPSA) is 78.9 Å². The molecule has 4 rings (SSSR count). The summed E-state index contributed by atoms with van der Waals surface area (Å²) in [4.78, 5) is 26.7. The fourth-order valence-corrected chi connectivity index (χ4v) is 5.54. The molecule has 205 valence electrons. The molecule has 2 atom stereocenters. The molecule has 0 saturated carbocycles. The maximum Gasteiger partial charge on any atom is 0.406 e. The number of carbonyl (C=O) groups excluding carboxylic acids is 2. The van der Waals surface area contributed by atoms with E-state index in [1.54, 1.807) is 41.3 Å². The number of hydrogen-bond acceptors (Lipinski definition) is 4. The normalized spacial score (nSPS) is 16.8. The summed E-state index contributed by atoms with van der Waals surface area (Å²) >= 11 is 0. The first kappa shape index (κ1) is 28.3. The molecule has 7 heteroatoms. The van der Waals surface area contributed by atoms with Crippen LogP contribution in [-0.2, 0) is 10.3 Å². The number of aliphatic hydroxyl groups is 1. The number of alkyl carbamates (subject to hydrolysis) is 1. The van der Waals surface area contributed by atoms with E-state index in [1.165, 1.54) is 13.2 Å². The molecule has 1 fully saturated rings. The number of carbonyl (C=O) groups is 2. The molecule has 39 heavy (non-hydrogen) atoms. The Bertz CT molecular complexity index is 1310. The van der Waals surface area contributed by atoms with E-state index in [-0.39, 0.29) is 24.8 Å². The van der Waals surface area contributed by atoms with Gasteiger partial charge in [-0.05, 0) is 74.4 Å². The van der Waals surface area contributed by atoms with Gasteiger partial charge < -0.3 is 20.1 Å². The van der Waals surface area contributed by atoms with E-state index in [0.29, 0.717) is 54.6 Å². The van der Waals surface area contributed by atoms with Crippen LogP contribution in [0.15, 0.2) is 66.7 Å². The number of likely N-dealkylation sites (tertiary alicyclic amines) is 1. The Morgan fingerprint density at radius 3 is 2.62 bits per heavy atom. The van der Waals surface area contributed by atoms with Crippen molar-refractivity contribution < 1.29 is 23.8 Å². The summed E-state index contributed by atoms with van der Waals surface area (Å²) in [6.45, 7) is 7.03. The number of piperidine rings is 1. The van der Waals surface area contributed by atoms with Crippen LogP contribution in [0.3, 0.4) is 0 Å². The Kier molecular flexibility index (Phi) is 9.02. The molecule has 1 saturated heterocycles. The average molecular weight is 532 g/mol. The molecular formula is C32H36FN2O4. The maximum atomic E-state index is 15.5. The van der Waals surface area contributed by atoms with Gasteiger partial charge in [-0.1, -0.05) is 54.1 Å². The SMILES string of the molecule is [CH2]c1ccc(C(=O)N2CCC[C@@H](C(O)(CCCNC(=O)OC)c3cccc(F)c3-c3cccc(C)c3)C2)cc1. The predicted octanol–water partition coefficient (Wildman–Crippen LogP) is 5.86. The largest absolute Gasteiger partial charge is 0.453 e. The van der Waals surface area contributed by atoms with Crippen LogP contribution in [-0.4, -0.2) is 48.8 Å². The number of nitrogens with one attached hydrogen (secondary N) is 1. The van der Waals surface area contributed by atoms with Gasteiger partial charge in [-0.2, -0.15) is 0 Å². The summed E-state index contributed by atoms with van der Waals surface area (Å²) in [7, 11) is 1.30. The zero-order valence-corrected chi connectivity index (χ0v) is 22.6. The van der Waals surface area contributed by atoms with Gasteiger partial charge in [0.05, 0.1) is 12.7 Å². The minimum absolute atomic E-state index is 0.104. The summed E-state index contributed by atoms with van der Waals surface area (Å²) in [5.74, 6) is -0.862. The summed E-state index contributed by atoms with van der Waals surface area (Å²) < 4.78 is 20.2. The molecule has 6 nitrogen and oxygen atoms in total. The molecule has 1 radical (unpaired) electrons. The molecule has 0 spiro atoms. The molecule has 0 aliphatic carbocycles. The summed E-state index contributed by atoms with van der Waals surface area (Å²) in [6.07, 6.45) is 1.54. The van der Waals surface area contributed by atoms with Gasteiger partial charge in [0.1, 0.15) is 5.82 Å². The van der Waals surface area contributed by atoms with Gasteiger partial charge in [0.15, 0.2) is 0 Å². The van der Waals surface area contributed by atoms with Crippen LogP contribution in [0.2, 0.25) is 0 Å². The minimum atomic E-state index is -1.45. The van der Waals surface area contributed by atoms with Gasteiger partial charge in [0.25, 0.3) is 5.91 Å². The highest BCUT2D eigenvalue weighted by molar-refractivity contribution is 5.94. The number of halogens is 1. The lowest BCUT2D eigenvalue weighted by molar-refractivity contribution is -0.0564. The second-order valence-corrected chi connectivity index (χ2v) is 10.3. The van der Waals surface area contributed by atoms with Crippen molar-refractivity contribution in [2.24, 2.45) is 5.92 Å². The number of methoxy groups -OCH3 is 1. The van der Waals surface area contributed by atoms with Crippen molar-refractivity contribution in [3.63, 3.8) is 0 Å². The second kappa shape index (κ2) is 12.4. The lowest BCUT2D eigenvalue weighted by Gasteiger charge is -2.43. The quantitative estimate of drug-likeness (QED) is 0.357. The number of rotatable bonds is 8. The minimum Gasteiger partial charge on any atom is -0.453 e. The predicted molar refractivity (Wildman–Crippen MR) is 150 cm³/mol. The average Bonchev–Trinajstić information content (AvgIpc) is 2.95. The van der Waals surface area contributed by atoms with Crippen molar-refractivity contribution in [3.05, 3.63) is 102 Å². The van der Waals surface area contributed by atoms with Crippen molar-refractivity contribution in [1.29, 1.82) is 0 Å². The van der Waals surface area contributed by atoms with E-state index >= 15 is 4.39 Å². The van der Waals surface area contributed by atoms with Gasteiger partial charge in [-0.15, -0.1) is 0 Å². The number of aryl methyl sites for hydroxylation is 1. The first-order valence-corrected chi connectivity index (χ1v) is 13.3. The molecular weight excluding hydrogens is 495 g/mol. The van der Waals surface area contributed by atoms with Crippen molar-refractivity contribution in [1.82, 2.24) is 10.2 Å². The highest BCUT2D eigenvalue weighted by Gasteiger charge is 2.43. The molecule has 3 aromatic carbocycles. The first-order valence-electron chi connectivity index (χ1n) is 13.3. The summed E-state index contributed by atoms with van der Waals surface area (Å²) in [6, 6.07) is 19.5. The van der Waals surface area contributed by atoms with Gasteiger partial charge >= 0.3 is 6.09 Å². The molecule has 1 aliphatic rings. The van der Waals surface area contributed by atoms with E-state index in [0.717, 1.165) is 11.1 Å². The highest BCUT2D eigenvalue weighted by Crippen LogP contribution is 2.44. The standard InChI is InChI=1S/C32H36FN2O4/c1-22-13-15-24(16-14-22)30(36)35-19-6-10-26(21-35)32(38,17-7-18-34-31(37)39-3)27-11-5-12-28(33)29(27)25-9-4-8-23(2)20-25/h4-5,8-9,11-16,20,26,38H,1,6-7,10,17-19,21H2,2-3H3,(H,34,37)/t26-,32?/m1/s1. The van der Waals surface area contributed by atoms with Gasteiger partial charge in [0.2, 0.25) is 0 Å². The smallest absolute Gasteiger partial charge is 0.406 e. The third-order valence-corrected chi connectivity index (χ3v) is 7.56. The van der Waals surface area contributed by atoms with Gasteiger partial charge in [0, 0.05) is 36.7 Å². The van der Waals surface area contributed by atoms with E-state index in [9.17, 15) is 14.7 Å². The van der Waals surface area contributed by atoms with E-state index in [1.807, 2.05) is 31.2 Å². The fourth-order valence-electron chi connectivity index (χ4n) is 5.54. The van der Waals surface area contributed by atoms with E-state index < -0.39 is 17.5 Å². The van der Waals surface area contributed by atoms with Crippen LogP contribution in [0.5, 0.6) is 0 Å². The molecule has 1 unspecified atom stereocenters. The fraction of sp³-hybridized carbons (Fsp3) is 0.344. The Hall–Kier alpha value is -3.71. The number of nitrogens with zero attached hydrogens (tertiary/aromatic N) is 1. The lowest BCUT2D eigenvalue weighted by Crippen LogP contribution is -2.48. The molecule has 1 heterocycles. The molecule has 0 bridgehead atoms. The molecule has 3 aromatic rings. The lowest BCUT2D eigenvalue weighted by atomic mass is 9.72. The van der Waals surface area contributed by atoms with Crippen LogP contribution in [0.4, 0.5) is 9.18 Å². The number of hydrogen-bond donors (Lipinski definition) is 2. The van der Waals surface area contributed by atoms with Crippen LogP contribution < -0.4 is 5.32 Å². The third-order valence-electron chi connectivity index (χ3n) is 7.56. The van der Waals surface area contributed by atoms with Crippen LogP contribution in [0.25, 0.3) is 11.1 Å². The summed E-state index contributed by atoms with van der Waals surface area (Å²) in [5, 5.41) is 15.2. The van der Waals surface area contributed by atoms with Crippen LogP contribution >= 0.6 is 0 Å². The van der Waals surface area contributed by atoms with Crippen molar-refractivity contribution in [3.8, 4) is 11.1 Å². The third kappa shape index (κ3) is 6.48.